The molecule has 0 atom stereocenters. The Bertz CT molecular complexity index is 741. The SMILES string of the molecule is O=C(CN1CCN(c2cnccn2)CC1)Nc1ccc2c(c1)CCC2. The van der Waals surface area contributed by atoms with Gasteiger partial charge in [-0.25, -0.2) is 4.98 Å². The van der Waals surface area contributed by atoms with E-state index in [1.165, 1.54) is 24.0 Å². The van der Waals surface area contributed by atoms with Crippen molar-refractivity contribution in [2.45, 2.75) is 19.3 Å². The summed E-state index contributed by atoms with van der Waals surface area (Å²) < 4.78 is 0. The normalized spacial score (nSPS) is 17.4. The summed E-state index contributed by atoms with van der Waals surface area (Å²) in [6.45, 7) is 3.88. The van der Waals surface area contributed by atoms with Gasteiger partial charge in [-0.15, -0.1) is 0 Å². The number of rotatable bonds is 4. The van der Waals surface area contributed by atoms with Gasteiger partial charge in [-0.3, -0.25) is 14.7 Å². The van der Waals surface area contributed by atoms with Crippen LogP contribution in [0, 0.1) is 0 Å². The number of hydrogen-bond acceptors (Lipinski definition) is 5. The molecule has 1 N–H and O–H groups in total. The average Bonchev–Trinajstić information content (AvgIpc) is 3.11. The van der Waals surface area contributed by atoms with E-state index < -0.39 is 0 Å². The summed E-state index contributed by atoms with van der Waals surface area (Å²) in [6, 6.07) is 6.30. The zero-order valence-corrected chi connectivity index (χ0v) is 14.3. The van der Waals surface area contributed by atoms with Gasteiger partial charge in [0, 0.05) is 44.3 Å². The van der Waals surface area contributed by atoms with E-state index in [0.717, 1.165) is 44.1 Å². The van der Waals surface area contributed by atoms with Gasteiger partial charge < -0.3 is 10.2 Å². The van der Waals surface area contributed by atoms with E-state index in [9.17, 15) is 4.79 Å². The second-order valence-electron chi connectivity index (χ2n) is 6.71. The number of aromatic nitrogens is 2. The second kappa shape index (κ2) is 7.19. The lowest BCUT2D eigenvalue weighted by Crippen LogP contribution is -2.48. The van der Waals surface area contributed by atoms with Gasteiger partial charge in [0.05, 0.1) is 12.7 Å². The summed E-state index contributed by atoms with van der Waals surface area (Å²) in [5.74, 6) is 0.968. The lowest BCUT2D eigenvalue weighted by Gasteiger charge is -2.34. The molecule has 0 radical (unpaired) electrons. The van der Waals surface area contributed by atoms with Gasteiger partial charge in [-0.1, -0.05) is 6.07 Å². The van der Waals surface area contributed by atoms with Crippen molar-refractivity contribution >= 4 is 17.4 Å². The summed E-state index contributed by atoms with van der Waals surface area (Å²) in [5.41, 5.74) is 3.73. The molecular formula is C19H23N5O. The molecule has 4 rings (SSSR count). The number of hydrogen-bond donors (Lipinski definition) is 1. The summed E-state index contributed by atoms with van der Waals surface area (Å²) in [6.07, 6.45) is 8.71. The van der Waals surface area contributed by atoms with E-state index in [0.29, 0.717) is 6.54 Å². The lowest BCUT2D eigenvalue weighted by atomic mass is 10.1. The van der Waals surface area contributed by atoms with Gasteiger partial charge in [0.1, 0.15) is 5.82 Å². The molecule has 1 aromatic carbocycles. The number of benzene rings is 1. The van der Waals surface area contributed by atoms with Gasteiger partial charge in [-0.05, 0) is 42.5 Å². The lowest BCUT2D eigenvalue weighted by molar-refractivity contribution is -0.117. The molecule has 1 aliphatic heterocycles. The number of carbonyl (C=O) groups is 1. The molecule has 130 valence electrons. The maximum absolute atomic E-state index is 12.3. The number of nitrogens with one attached hydrogen (secondary N) is 1. The van der Waals surface area contributed by atoms with Gasteiger partial charge in [0.15, 0.2) is 0 Å². The van der Waals surface area contributed by atoms with E-state index in [4.69, 9.17) is 0 Å². The molecule has 0 spiro atoms. The van der Waals surface area contributed by atoms with Crippen molar-refractivity contribution in [1.82, 2.24) is 14.9 Å². The third-order valence-corrected chi connectivity index (χ3v) is 5.00. The molecule has 0 bridgehead atoms. The zero-order chi connectivity index (χ0) is 17.1. The van der Waals surface area contributed by atoms with Crippen LogP contribution in [0.4, 0.5) is 11.5 Å². The van der Waals surface area contributed by atoms with Crippen LogP contribution in [-0.2, 0) is 17.6 Å². The van der Waals surface area contributed by atoms with Crippen molar-refractivity contribution in [2.75, 3.05) is 42.9 Å². The van der Waals surface area contributed by atoms with Crippen molar-refractivity contribution in [2.24, 2.45) is 0 Å². The molecule has 1 saturated heterocycles. The van der Waals surface area contributed by atoms with Crippen LogP contribution in [0.3, 0.4) is 0 Å². The Hall–Kier alpha value is -2.47. The molecule has 2 aromatic rings. The van der Waals surface area contributed by atoms with Crippen molar-refractivity contribution in [3.63, 3.8) is 0 Å². The van der Waals surface area contributed by atoms with Crippen molar-refractivity contribution in [1.29, 1.82) is 0 Å². The van der Waals surface area contributed by atoms with Crippen LogP contribution in [-0.4, -0.2) is 53.5 Å². The van der Waals surface area contributed by atoms with Crippen LogP contribution in [0.15, 0.2) is 36.8 Å². The van der Waals surface area contributed by atoms with Gasteiger partial charge in [0.2, 0.25) is 5.91 Å². The smallest absolute Gasteiger partial charge is 0.238 e. The topological polar surface area (TPSA) is 61.4 Å². The summed E-state index contributed by atoms with van der Waals surface area (Å²) in [5, 5.41) is 3.05. The number of piperazine rings is 1. The first-order valence-electron chi connectivity index (χ1n) is 8.93. The molecule has 0 saturated carbocycles. The Balaban J connectivity index is 1.28. The Kier molecular flexibility index (Phi) is 4.61. The van der Waals surface area contributed by atoms with E-state index in [1.54, 1.807) is 18.6 Å². The largest absolute Gasteiger partial charge is 0.353 e. The minimum absolute atomic E-state index is 0.0610. The first kappa shape index (κ1) is 16.0. The fourth-order valence-corrected chi connectivity index (χ4v) is 3.64. The first-order chi connectivity index (χ1) is 12.3. The number of fused-ring (bicyclic) bond motifs is 1. The van der Waals surface area contributed by atoms with Crippen LogP contribution in [0.2, 0.25) is 0 Å². The minimum atomic E-state index is 0.0610. The molecule has 1 aliphatic carbocycles. The predicted molar refractivity (Wildman–Crippen MR) is 97.8 cm³/mol. The highest BCUT2D eigenvalue weighted by molar-refractivity contribution is 5.92. The number of nitrogens with zero attached hydrogens (tertiary/aromatic N) is 4. The molecule has 25 heavy (non-hydrogen) atoms. The highest BCUT2D eigenvalue weighted by Gasteiger charge is 2.20. The second-order valence-corrected chi connectivity index (χ2v) is 6.71. The maximum Gasteiger partial charge on any atom is 0.238 e. The van der Waals surface area contributed by atoms with Gasteiger partial charge >= 0.3 is 0 Å². The van der Waals surface area contributed by atoms with Crippen LogP contribution in [0.5, 0.6) is 0 Å². The zero-order valence-electron chi connectivity index (χ0n) is 14.3. The minimum Gasteiger partial charge on any atom is -0.353 e. The molecule has 1 amide bonds. The van der Waals surface area contributed by atoms with Crippen LogP contribution in [0.1, 0.15) is 17.5 Å². The predicted octanol–water partition coefficient (Wildman–Crippen LogP) is 1.73. The Labute approximate surface area is 147 Å². The summed E-state index contributed by atoms with van der Waals surface area (Å²) in [7, 11) is 0. The van der Waals surface area contributed by atoms with Crippen LogP contribution in [0.25, 0.3) is 0 Å². The molecule has 2 heterocycles. The molecule has 6 heteroatoms. The summed E-state index contributed by atoms with van der Waals surface area (Å²) in [4.78, 5) is 25.2. The van der Waals surface area contributed by atoms with E-state index in [1.807, 2.05) is 6.07 Å². The van der Waals surface area contributed by atoms with E-state index >= 15 is 0 Å². The highest BCUT2D eigenvalue weighted by atomic mass is 16.2. The summed E-state index contributed by atoms with van der Waals surface area (Å²) >= 11 is 0. The van der Waals surface area contributed by atoms with Crippen LogP contribution < -0.4 is 10.2 Å². The standard InChI is InChI=1S/C19H23N5O/c25-19(22-17-5-4-15-2-1-3-16(15)12-17)14-23-8-10-24(11-9-23)18-13-20-6-7-21-18/h4-7,12-13H,1-3,8-11,14H2,(H,22,25). The quantitative estimate of drug-likeness (QED) is 0.921. The molecule has 1 aromatic heterocycles. The Morgan fingerprint density at radius 3 is 2.72 bits per heavy atom. The third-order valence-electron chi connectivity index (χ3n) is 5.00. The Morgan fingerprint density at radius 1 is 1.08 bits per heavy atom. The molecular weight excluding hydrogens is 314 g/mol. The van der Waals surface area contributed by atoms with Crippen molar-refractivity contribution in [3.05, 3.63) is 47.9 Å². The molecule has 1 fully saturated rings. The monoisotopic (exact) mass is 337 g/mol. The van der Waals surface area contributed by atoms with Crippen LogP contribution >= 0.6 is 0 Å². The van der Waals surface area contributed by atoms with E-state index in [-0.39, 0.29) is 5.91 Å². The number of amides is 1. The first-order valence-corrected chi connectivity index (χ1v) is 8.93. The van der Waals surface area contributed by atoms with Gasteiger partial charge in [-0.2, -0.15) is 0 Å². The third kappa shape index (κ3) is 3.79. The van der Waals surface area contributed by atoms with Crippen molar-refractivity contribution in [3.8, 4) is 0 Å². The average molecular weight is 337 g/mol. The maximum atomic E-state index is 12.3. The fraction of sp³-hybridized carbons (Fsp3) is 0.421. The number of anilines is 2. The highest BCUT2D eigenvalue weighted by Crippen LogP contribution is 2.24. The Morgan fingerprint density at radius 2 is 1.92 bits per heavy atom. The van der Waals surface area contributed by atoms with E-state index in [2.05, 4.69) is 37.2 Å². The molecule has 0 unspecified atom stereocenters. The van der Waals surface area contributed by atoms with Crippen molar-refractivity contribution < 1.29 is 4.79 Å². The molecule has 2 aliphatic rings. The van der Waals surface area contributed by atoms with Gasteiger partial charge in [0.25, 0.3) is 0 Å². The molecule has 6 nitrogen and oxygen atoms in total. The fourth-order valence-electron chi connectivity index (χ4n) is 3.64. The number of aryl methyl sites for hydroxylation is 2. The number of carbonyl (C=O) groups excluding carboxylic acids is 1.